The van der Waals surface area contributed by atoms with Gasteiger partial charge < -0.3 is 5.32 Å². The van der Waals surface area contributed by atoms with Crippen molar-refractivity contribution in [3.63, 3.8) is 0 Å². The molecule has 1 amide bonds. The van der Waals surface area contributed by atoms with Crippen LogP contribution in [0.5, 0.6) is 0 Å². The highest BCUT2D eigenvalue weighted by molar-refractivity contribution is 9.10. The third-order valence-corrected chi connectivity index (χ3v) is 6.24. The predicted molar refractivity (Wildman–Crippen MR) is 94.0 cm³/mol. The molecule has 1 N–H and O–H groups in total. The van der Waals surface area contributed by atoms with Gasteiger partial charge >= 0.3 is 0 Å². The molecule has 0 aliphatic carbocycles. The molecule has 0 atom stereocenters. The largest absolute Gasteiger partial charge is 0.324 e. The highest BCUT2D eigenvalue weighted by Gasteiger charge is 2.29. The number of amides is 1. The molecule has 2 aromatic carbocycles. The monoisotopic (exact) mass is 452 g/mol. The molecule has 0 unspecified atom stereocenters. The van der Waals surface area contributed by atoms with Crippen LogP contribution in [-0.4, -0.2) is 32.2 Å². The SMILES string of the molecule is CN(CC(=O)Nc1ccccc1Cl)S(=O)(=O)c1c(F)cc(F)cc1Br. The number of benzene rings is 2. The fourth-order valence-corrected chi connectivity index (χ4v) is 4.39. The lowest BCUT2D eigenvalue weighted by molar-refractivity contribution is -0.116. The van der Waals surface area contributed by atoms with Crippen molar-refractivity contribution in [3.05, 3.63) is 57.5 Å². The van der Waals surface area contributed by atoms with E-state index in [1.807, 2.05) is 0 Å². The number of anilines is 1. The number of hydrogen-bond acceptors (Lipinski definition) is 3. The summed E-state index contributed by atoms with van der Waals surface area (Å²) < 4.78 is 52.4. The zero-order valence-corrected chi connectivity index (χ0v) is 15.9. The maximum Gasteiger partial charge on any atom is 0.247 e. The quantitative estimate of drug-likeness (QED) is 0.752. The van der Waals surface area contributed by atoms with Gasteiger partial charge in [0.2, 0.25) is 15.9 Å². The van der Waals surface area contributed by atoms with Crippen LogP contribution in [0.4, 0.5) is 14.5 Å². The molecule has 0 bridgehead atoms. The number of nitrogens with zero attached hydrogens (tertiary/aromatic N) is 1. The molecular formula is C15H12BrClF2N2O3S. The Bertz CT molecular complexity index is 902. The maximum absolute atomic E-state index is 13.9. The number of nitrogens with one attached hydrogen (secondary N) is 1. The van der Waals surface area contributed by atoms with Crippen LogP contribution in [0.15, 0.2) is 45.8 Å². The minimum Gasteiger partial charge on any atom is -0.324 e. The minimum absolute atomic E-state index is 0.275. The summed E-state index contributed by atoms with van der Waals surface area (Å²) in [5.74, 6) is -2.86. The van der Waals surface area contributed by atoms with E-state index in [-0.39, 0.29) is 9.50 Å². The summed E-state index contributed by atoms with van der Waals surface area (Å²) in [5, 5.41) is 2.75. The molecule has 0 aliphatic heterocycles. The van der Waals surface area contributed by atoms with Crippen LogP contribution < -0.4 is 5.32 Å². The summed E-state index contributed by atoms with van der Waals surface area (Å²) in [4.78, 5) is 11.3. The Labute approximate surface area is 156 Å². The zero-order chi connectivity index (χ0) is 18.8. The van der Waals surface area contributed by atoms with Crippen LogP contribution in [0.3, 0.4) is 0 Å². The molecule has 10 heteroatoms. The topological polar surface area (TPSA) is 66.5 Å². The van der Waals surface area contributed by atoms with Crippen molar-refractivity contribution in [1.82, 2.24) is 4.31 Å². The van der Waals surface area contributed by atoms with Crippen LogP contribution in [-0.2, 0) is 14.8 Å². The molecule has 0 aromatic heterocycles. The summed E-state index contributed by atoms with van der Waals surface area (Å²) >= 11 is 8.74. The van der Waals surface area contributed by atoms with Crippen molar-refractivity contribution >= 4 is 49.1 Å². The standard InChI is InChI=1S/C15H12BrClF2N2O3S/c1-21(8-14(22)20-13-5-3-2-4-11(13)17)25(23,24)15-10(16)6-9(18)7-12(15)19/h2-7H,8H2,1H3,(H,20,22). The van der Waals surface area contributed by atoms with Crippen molar-refractivity contribution in [3.8, 4) is 0 Å². The molecule has 0 saturated heterocycles. The number of para-hydroxylation sites is 1. The number of hydrogen-bond donors (Lipinski definition) is 1. The second kappa shape index (κ2) is 7.77. The molecule has 0 fully saturated rings. The maximum atomic E-state index is 13.9. The first kappa shape index (κ1) is 19.8. The van der Waals surface area contributed by atoms with Crippen molar-refractivity contribution in [2.45, 2.75) is 4.90 Å². The van der Waals surface area contributed by atoms with E-state index >= 15 is 0 Å². The molecule has 0 radical (unpaired) electrons. The van der Waals surface area contributed by atoms with Gasteiger partial charge in [0.05, 0.1) is 17.3 Å². The molecule has 25 heavy (non-hydrogen) atoms. The Morgan fingerprint density at radius 2 is 1.92 bits per heavy atom. The van der Waals surface area contributed by atoms with E-state index in [9.17, 15) is 22.0 Å². The van der Waals surface area contributed by atoms with E-state index in [0.29, 0.717) is 16.1 Å². The van der Waals surface area contributed by atoms with Gasteiger partial charge in [-0.2, -0.15) is 4.31 Å². The van der Waals surface area contributed by atoms with Gasteiger partial charge in [-0.3, -0.25) is 4.79 Å². The van der Waals surface area contributed by atoms with Crippen molar-refractivity contribution in [2.24, 2.45) is 0 Å². The summed E-state index contributed by atoms with van der Waals surface area (Å²) in [7, 11) is -3.26. The van der Waals surface area contributed by atoms with Crippen molar-refractivity contribution < 1.29 is 22.0 Å². The highest BCUT2D eigenvalue weighted by Crippen LogP contribution is 2.28. The molecule has 5 nitrogen and oxygen atoms in total. The fraction of sp³-hybridized carbons (Fsp3) is 0.133. The normalized spacial score (nSPS) is 11.6. The van der Waals surface area contributed by atoms with Crippen LogP contribution in [0, 0.1) is 11.6 Å². The van der Waals surface area contributed by atoms with E-state index in [2.05, 4.69) is 21.2 Å². The van der Waals surface area contributed by atoms with Gasteiger partial charge in [-0.15, -0.1) is 0 Å². The number of carbonyl (C=O) groups is 1. The molecule has 2 rings (SSSR count). The van der Waals surface area contributed by atoms with Gasteiger partial charge in [-0.25, -0.2) is 17.2 Å². The Morgan fingerprint density at radius 3 is 2.52 bits per heavy atom. The summed E-state index contributed by atoms with van der Waals surface area (Å²) in [6.45, 7) is -0.586. The first-order valence-corrected chi connectivity index (χ1v) is 9.39. The van der Waals surface area contributed by atoms with E-state index in [1.165, 1.54) is 0 Å². The van der Waals surface area contributed by atoms with Crippen LogP contribution in [0.1, 0.15) is 0 Å². The summed E-state index contributed by atoms with van der Waals surface area (Å²) in [6, 6.07) is 7.70. The minimum atomic E-state index is -4.36. The number of carbonyl (C=O) groups excluding carboxylic acids is 1. The average Bonchev–Trinajstić information content (AvgIpc) is 2.48. The lowest BCUT2D eigenvalue weighted by Gasteiger charge is -2.18. The van der Waals surface area contributed by atoms with E-state index in [0.717, 1.165) is 13.1 Å². The van der Waals surface area contributed by atoms with Crippen LogP contribution in [0.25, 0.3) is 0 Å². The van der Waals surface area contributed by atoms with Gasteiger partial charge in [0.15, 0.2) is 0 Å². The fourth-order valence-electron chi connectivity index (χ4n) is 1.97. The Morgan fingerprint density at radius 1 is 1.28 bits per heavy atom. The molecular weight excluding hydrogens is 442 g/mol. The van der Waals surface area contributed by atoms with E-state index in [1.54, 1.807) is 24.3 Å². The third kappa shape index (κ3) is 4.55. The van der Waals surface area contributed by atoms with Crippen molar-refractivity contribution in [2.75, 3.05) is 18.9 Å². The number of likely N-dealkylation sites (N-methyl/N-ethyl adjacent to an activating group) is 1. The van der Waals surface area contributed by atoms with Crippen LogP contribution >= 0.6 is 27.5 Å². The van der Waals surface area contributed by atoms with Gasteiger partial charge in [-0.1, -0.05) is 23.7 Å². The average molecular weight is 454 g/mol. The van der Waals surface area contributed by atoms with E-state index < -0.39 is 39.0 Å². The van der Waals surface area contributed by atoms with E-state index in [4.69, 9.17) is 11.6 Å². The van der Waals surface area contributed by atoms with Gasteiger partial charge in [0.1, 0.15) is 16.5 Å². The highest BCUT2D eigenvalue weighted by atomic mass is 79.9. The molecule has 134 valence electrons. The molecule has 0 heterocycles. The first-order chi connectivity index (χ1) is 11.6. The molecule has 0 spiro atoms. The number of rotatable bonds is 5. The molecule has 2 aromatic rings. The van der Waals surface area contributed by atoms with Crippen LogP contribution in [0.2, 0.25) is 5.02 Å². The summed E-state index contributed by atoms with van der Waals surface area (Å²) in [6.07, 6.45) is 0. The number of sulfonamides is 1. The predicted octanol–water partition coefficient (Wildman–Crippen LogP) is 3.64. The van der Waals surface area contributed by atoms with Crippen molar-refractivity contribution in [1.29, 1.82) is 0 Å². The lowest BCUT2D eigenvalue weighted by Crippen LogP contribution is -2.35. The second-order valence-electron chi connectivity index (χ2n) is 4.99. The Balaban J connectivity index is 2.21. The first-order valence-electron chi connectivity index (χ1n) is 6.78. The Hall–Kier alpha value is -1.55. The lowest BCUT2D eigenvalue weighted by atomic mass is 10.3. The summed E-state index contributed by atoms with van der Waals surface area (Å²) in [5.41, 5.74) is 0.314. The van der Waals surface area contributed by atoms with Gasteiger partial charge in [0, 0.05) is 17.6 Å². The smallest absolute Gasteiger partial charge is 0.247 e. The Kier molecular flexibility index (Phi) is 6.15. The molecule has 0 aliphatic rings. The van der Waals surface area contributed by atoms with Gasteiger partial charge in [-0.05, 0) is 34.1 Å². The number of halogens is 4. The second-order valence-corrected chi connectivity index (χ2v) is 8.23. The zero-order valence-electron chi connectivity index (χ0n) is 12.8. The third-order valence-electron chi connectivity index (χ3n) is 3.15. The molecule has 0 saturated carbocycles. The van der Waals surface area contributed by atoms with Gasteiger partial charge in [0.25, 0.3) is 0 Å².